The van der Waals surface area contributed by atoms with Crippen molar-refractivity contribution in [3.63, 3.8) is 0 Å². The Balaban J connectivity index is 1.35. The highest BCUT2D eigenvalue weighted by molar-refractivity contribution is 6.12. The van der Waals surface area contributed by atoms with Crippen LogP contribution >= 0.6 is 0 Å². The van der Waals surface area contributed by atoms with Crippen LogP contribution in [0.3, 0.4) is 0 Å². The molecule has 0 amide bonds. The average molecular weight is 595 g/mol. The third kappa shape index (κ3) is 4.17. The maximum Gasteiger partial charge on any atom is 0.238 e. The number of allylic oxidation sites excluding steroid dienone is 8. The van der Waals surface area contributed by atoms with Gasteiger partial charge in [0.2, 0.25) is 5.95 Å². The van der Waals surface area contributed by atoms with Gasteiger partial charge in [-0.15, -0.1) is 0 Å². The minimum atomic E-state index is -0.122. The lowest BCUT2D eigenvalue weighted by Gasteiger charge is -2.21. The number of fused-ring (bicyclic) bond motifs is 6. The molecule has 4 heteroatoms. The van der Waals surface area contributed by atoms with E-state index in [1.54, 1.807) is 0 Å². The molecule has 46 heavy (non-hydrogen) atoms. The lowest BCUT2D eigenvalue weighted by Crippen LogP contribution is -2.15. The van der Waals surface area contributed by atoms with Crippen LogP contribution in [0.15, 0.2) is 127 Å². The Morgan fingerprint density at radius 1 is 0.696 bits per heavy atom. The fourth-order valence-corrected chi connectivity index (χ4v) is 7.57. The van der Waals surface area contributed by atoms with E-state index in [0.29, 0.717) is 5.95 Å². The molecule has 2 heterocycles. The Bertz CT molecular complexity index is 2310. The van der Waals surface area contributed by atoms with Crippen molar-refractivity contribution < 1.29 is 0 Å². The third-order valence-electron chi connectivity index (χ3n) is 9.98. The first kappa shape index (κ1) is 27.0. The van der Waals surface area contributed by atoms with Gasteiger partial charge in [-0.2, -0.15) is 9.97 Å². The number of hydrogen-bond acceptors (Lipinski definition) is 3. The summed E-state index contributed by atoms with van der Waals surface area (Å²) < 4.78 is 2.28. The largest absolute Gasteiger partial charge is 0.278 e. The van der Waals surface area contributed by atoms with Crippen molar-refractivity contribution in [3.8, 4) is 28.2 Å². The van der Waals surface area contributed by atoms with Gasteiger partial charge in [0.05, 0.1) is 11.0 Å². The van der Waals surface area contributed by atoms with Gasteiger partial charge in [0.15, 0.2) is 5.82 Å². The Hall–Kier alpha value is -5.35. The Morgan fingerprint density at radius 2 is 1.54 bits per heavy atom. The highest BCUT2D eigenvalue weighted by Crippen LogP contribution is 2.51. The van der Waals surface area contributed by atoms with Gasteiger partial charge in [-0.05, 0) is 76.9 Å². The molecule has 0 aliphatic heterocycles. The van der Waals surface area contributed by atoms with Gasteiger partial charge >= 0.3 is 0 Å². The van der Waals surface area contributed by atoms with E-state index < -0.39 is 0 Å². The van der Waals surface area contributed by atoms with E-state index in [1.807, 2.05) is 0 Å². The SMILES string of the molecule is CC1(C)c2ccccc2-c2cc3c4cc(-c5ccccc5)ccc4n(-c4nc(C5=CCCC=C5)nc(C5C=CC=CC5)n4)c3cc21. The van der Waals surface area contributed by atoms with Crippen molar-refractivity contribution in [3.05, 3.63) is 150 Å². The monoisotopic (exact) mass is 594 g/mol. The van der Waals surface area contributed by atoms with Gasteiger partial charge in [0.25, 0.3) is 0 Å². The molecule has 3 aliphatic rings. The molecule has 9 rings (SSSR count). The minimum Gasteiger partial charge on any atom is -0.278 e. The molecule has 0 saturated carbocycles. The second-order valence-corrected chi connectivity index (χ2v) is 13.1. The molecule has 0 bridgehead atoms. The number of rotatable bonds is 4. The molecule has 2 aromatic heterocycles. The van der Waals surface area contributed by atoms with Crippen LogP contribution in [0.2, 0.25) is 0 Å². The van der Waals surface area contributed by atoms with Crippen LogP contribution in [-0.4, -0.2) is 19.5 Å². The summed E-state index contributed by atoms with van der Waals surface area (Å²) in [5.41, 5.74) is 10.9. The predicted molar refractivity (Wildman–Crippen MR) is 189 cm³/mol. The van der Waals surface area contributed by atoms with Crippen molar-refractivity contribution >= 4 is 27.4 Å². The molecule has 1 unspecified atom stereocenters. The quantitative estimate of drug-likeness (QED) is 0.204. The second-order valence-electron chi connectivity index (χ2n) is 13.1. The summed E-state index contributed by atoms with van der Waals surface area (Å²) in [4.78, 5) is 15.5. The smallest absolute Gasteiger partial charge is 0.238 e. The van der Waals surface area contributed by atoms with Crippen molar-refractivity contribution in [2.45, 2.75) is 44.4 Å². The van der Waals surface area contributed by atoms with E-state index in [0.717, 1.165) is 47.5 Å². The molecule has 3 aliphatic carbocycles. The molecule has 0 saturated heterocycles. The topological polar surface area (TPSA) is 43.6 Å². The Morgan fingerprint density at radius 3 is 2.37 bits per heavy atom. The molecule has 0 fully saturated rings. The van der Waals surface area contributed by atoms with Crippen molar-refractivity contribution in [1.29, 1.82) is 0 Å². The number of aromatic nitrogens is 4. The number of hydrogen-bond donors (Lipinski definition) is 0. The maximum atomic E-state index is 5.25. The van der Waals surface area contributed by atoms with E-state index in [1.165, 1.54) is 44.2 Å². The molecule has 0 N–H and O–H groups in total. The summed E-state index contributed by atoms with van der Waals surface area (Å²) >= 11 is 0. The summed E-state index contributed by atoms with van der Waals surface area (Å²) in [7, 11) is 0. The average Bonchev–Trinajstić information content (AvgIpc) is 3.56. The van der Waals surface area contributed by atoms with Crippen LogP contribution in [0, 0.1) is 0 Å². The van der Waals surface area contributed by atoms with Crippen LogP contribution in [-0.2, 0) is 5.41 Å². The summed E-state index contributed by atoms with van der Waals surface area (Å²) in [6, 6.07) is 31.1. The number of benzene rings is 4. The molecule has 6 aromatic rings. The molecule has 4 nitrogen and oxygen atoms in total. The summed E-state index contributed by atoms with van der Waals surface area (Å²) in [6.45, 7) is 4.68. The van der Waals surface area contributed by atoms with Gasteiger partial charge in [-0.1, -0.05) is 117 Å². The lowest BCUT2D eigenvalue weighted by atomic mass is 9.82. The van der Waals surface area contributed by atoms with Crippen LogP contribution < -0.4 is 0 Å². The maximum absolute atomic E-state index is 5.25. The van der Waals surface area contributed by atoms with Crippen LogP contribution in [0.1, 0.15) is 61.8 Å². The zero-order chi connectivity index (χ0) is 30.8. The summed E-state index contributed by atoms with van der Waals surface area (Å²) in [5, 5.41) is 2.40. The first-order valence-corrected chi connectivity index (χ1v) is 16.3. The molecule has 4 aromatic carbocycles. The number of nitrogens with zero attached hydrogens (tertiary/aromatic N) is 4. The Labute approximate surface area is 269 Å². The van der Waals surface area contributed by atoms with E-state index in [-0.39, 0.29) is 11.3 Å². The van der Waals surface area contributed by atoms with Gasteiger partial charge in [-0.25, -0.2) is 4.98 Å². The molecule has 0 radical (unpaired) electrons. The molecule has 222 valence electrons. The van der Waals surface area contributed by atoms with Crippen molar-refractivity contribution in [1.82, 2.24) is 19.5 Å². The van der Waals surface area contributed by atoms with E-state index >= 15 is 0 Å². The van der Waals surface area contributed by atoms with Gasteiger partial charge < -0.3 is 0 Å². The highest BCUT2D eigenvalue weighted by Gasteiger charge is 2.36. The second kappa shape index (κ2) is 10.3. The third-order valence-corrected chi connectivity index (χ3v) is 9.98. The fraction of sp³-hybridized carbons (Fsp3) is 0.167. The first-order valence-electron chi connectivity index (χ1n) is 16.3. The first-order chi connectivity index (χ1) is 22.6. The molecular weight excluding hydrogens is 560 g/mol. The van der Waals surface area contributed by atoms with Gasteiger partial charge in [0.1, 0.15) is 5.82 Å². The lowest BCUT2D eigenvalue weighted by molar-refractivity contribution is 0.661. The van der Waals surface area contributed by atoms with Crippen molar-refractivity contribution in [2.24, 2.45) is 0 Å². The van der Waals surface area contributed by atoms with E-state index in [2.05, 4.69) is 146 Å². The normalized spacial score (nSPS) is 17.8. The van der Waals surface area contributed by atoms with Gasteiger partial charge in [0, 0.05) is 27.7 Å². The van der Waals surface area contributed by atoms with Crippen LogP contribution in [0.25, 0.3) is 55.6 Å². The summed E-state index contributed by atoms with van der Waals surface area (Å²) in [5.74, 6) is 2.33. The van der Waals surface area contributed by atoms with Crippen LogP contribution in [0.4, 0.5) is 0 Å². The molecule has 1 atom stereocenters. The summed E-state index contributed by atoms with van der Waals surface area (Å²) in [6.07, 6.45) is 18.2. The predicted octanol–water partition coefficient (Wildman–Crippen LogP) is 10.3. The Kier molecular flexibility index (Phi) is 6.08. The fourth-order valence-electron chi connectivity index (χ4n) is 7.57. The zero-order valence-corrected chi connectivity index (χ0v) is 26.1. The molecule has 0 spiro atoms. The van der Waals surface area contributed by atoms with Gasteiger partial charge in [-0.3, -0.25) is 4.57 Å². The van der Waals surface area contributed by atoms with E-state index in [4.69, 9.17) is 15.0 Å². The van der Waals surface area contributed by atoms with E-state index in [9.17, 15) is 0 Å². The standard InChI is InChI=1S/C42H34N4/c1-42(2)35-21-13-12-20-31(35)32-25-34-33-24-30(27-14-6-3-7-15-27)22-23-37(33)46(38(34)26-36(32)42)41-44-39(28-16-8-4-9-17-28)43-40(45-41)29-18-10-5-11-19-29/h3-4,6-10,12-16,18-26,28H,5,11,17H2,1-2H3. The van der Waals surface area contributed by atoms with Crippen molar-refractivity contribution in [2.75, 3.05) is 0 Å². The molecular formula is C42H34N4. The van der Waals surface area contributed by atoms with Crippen LogP contribution in [0.5, 0.6) is 0 Å². The minimum absolute atomic E-state index is 0.106. The highest BCUT2D eigenvalue weighted by atomic mass is 15.2. The zero-order valence-electron chi connectivity index (χ0n) is 26.1.